The first-order chi connectivity index (χ1) is 14.0. The van der Waals surface area contributed by atoms with Crippen molar-refractivity contribution in [1.29, 1.82) is 0 Å². The van der Waals surface area contributed by atoms with Gasteiger partial charge in [-0.15, -0.1) is 0 Å². The Kier molecular flexibility index (Phi) is 5.91. The lowest BCUT2D eigenvalue weighted by Crippen LogP contribution is -2.45. The summed E-state index contributed by atoms with van der Waals surface area (Å²) in [5, 5.41) is 3.92. The van der Waals surface area contributed by atoms with Crippen molar-refractivity contribution in [3.05, 3.63) is 70.2 Å². The Morgan fingerprint density at radius 1 is 1.07 bits per heavy atom. The molecule has 2 aromatic carbocycles. The van der Waals surface area contributed by atoms with Crippen LogP contribution in [0.1, 0.15) is 60.1 Å². The molecule has 2 aromatic rings. The summed E-state index contributed by atoms with van der Waals surface area (Å²) in [7, 11) is 0. The van der Waals surface area contributed by atoms with Crippen LogP contribution in [0.15, 0.2) is 48.5 Å². The highest BCUT2D eigenvalue weighted by atomic mass is 35.5. The average Bonchev–Trinajstić information content (AvgIpc) is 3.01. The minimum atomic E-state index is -0.551. The lowest BCUT2D eigenvalue weighted by Gasteiger charge is -2.30. The number of hydrogen-bond acceptors (Lipinski definition) is 2. The molecule has 2 amide bonds. The van der Waals surface area contributed by atoms with E-state index in [4.69, 9.17) is 11.6 Å². The third-order valence-electron chi connectivity index (χ3n) is 6.22. The number of rotatable bonds is 5. The van der Waals surface area contributed by atoms with Gasteiger partial charge in [-0.25, -0.2) is 0 Å². The molecule has 2 aliphatic rings. The molecule has 4 rings (SSSR count). The molecule has 0 aromatic heterocycles. The molecule has 1 heterocycles. The lowest BCUT2D eigenvalue weighted by molar-refractivity contribution is -0.126. The van der Waals surface area contributed by atoms with E-state index < -0.39 is 6.04 Å². The number of nitrogens with zero attached hydrogens (tertiary/aromatic N) is 1. The van der Waals surface area contributed by atoms with Crippen molar-refractivity contribution in [2.75, 3.05) is 6.54 Å². The topological polar surface area (TPSA) is 49.4 Å². The fraction of sp³-hybridized carbons (Fsp3) is 0.417. The highest BCUT2D eigenvalue weighted by molar-refractivity contribution is 6.30. The average molecular weight is 411 g/mol. The molecule has 29 heavy (non-hydrogen) atoms. The van der Waals surface area contributed by atoms with Crippen molar-refractivity contribution in [3.8, 4) is 0 Å². The van der Waals surface area contributed by atoms with Gasteiger partial charge in [-0.2, -0.15) is 0 Å². The molecule has 1 N–H and O–H groups in total. The zero-order valence-corrected chi connectivity index (χ0v) is 17.5. The molecule has 5 heteroatoms. The van der Waals surface area contributed by atoms with Gasteiger partial charge in [-0.1, -0.05) is 48.9 Å². The van der Waals surface area contributed by atoms with Crippen LogP contribution in [0.5, 0.6) is 0 Å². The molecule has 0 radical (unpaired) electrons. The van der Waals surface area contributed by atoms with E-state index >= 15 is 0 Å². The molecule has 1 aliphatic heterocycles. The quantitative estimate of drug-likeness (QED) is 0.771. The van der Waals surface area contributed by atoms with Gasteiger partial charge in [-0.3, -0.25) is 9.59 Å². The second-order valence-electron chi connectivity index (χ2n) is 8.33. The Labute approximate surface area is 177 Å². The van der Waals surface area contributed by atoms with Crippen LogP contribution in [0.3, 0.4) is 0 Å². The summed E-state index contributed by atoms with van der Waals surface area (Å²) in [6, 6.07) is 14.8. The molecule has 1 saturated carbocycles. The summed E-state index contributed by atoms with van der Waals surface area (Å²) < 4.78 is 0. The zero-order chi connectivity index (χ0) is 20.4. The zero-order valence-electron chi connectivity index (χ0n) is 16.7. The fourth-order valence-corrected chi connectivity index (χ4v) is 4.59. The van der Waals surface area contributed by atoms with E-state index in [0.29, 0.717) is 23.6 Å². The second kappa shape index (κ2) is 8.58. The van der Waals surface area contributed by atoms with Crippen molar-refractivity contribution < 1.29 is 9.59 Å². The molecule has 1 aliphatic carbocycles. The van der Waals surface area contributed by atoms with Gasteiger partial charge < -0.3 is 10.2 Å². The summed E-state index contributed by atoms with van der Waals surface area (Å²) in [4.78, 5) is 28.0. The van der Waals surface area contributed by atoms with Crippen LogP contribution in [0.25, 0.3) is 0 Å². The maximum atomic E-state index is 13.2. The van der Waals surface area contributed by atoms with E-state index in [1.54, 1.807) is 4.90 Å². The predicted molar refractivity (Wildman–Crippen MR) is 115 cm³/mol. The van der Waals surface area contributed by atoms with E-state index in [1.165, 1.54) is 0 Å². The summed E-state index contributed by atoms with van der Waals surface area (Å²) in [6.45, 7) is 2.76. The van der Waals surface area contributed by atoms with Gasteiger partial charge >= 0.3 is 0 Å². The van der Waals surface area contributed by atoms with E-state index in [-0.39, 0.29) is 17.9 Å². The number of carbonyl (C=O) groups is 2. The first-order valence-electron chi connectivity index (χ1n) is 10.5. The monoisotopic (exact) mass is 410 g/mol. The van der Waals surface area contributed by atoms with Gasteiger partial charge in [0, 0.05) is 23.2 Å². The summed E-state index contributed by atoms with van der Waals surface area (Å²) in [5.41, 5.74) is 2.55. The highest BCUT2D eigenvalue weighted by Gasteiger charge is 2.41. The smallest absolute Gasteiger partial charge is 0.255 e. The van der Waals surface area contributed by atoms with Gasteiger partial charge in [0.25, 0.3) is 5.91 Å². The maximum Gasteiger partial charge on any atom is 0.255 e. The molecule has 1 fully saturated rings. The second-order valence-corrected chi connectivity index (χ2v) is 8.77. The Hall–Kier alpha value is -2.33. The third kappa shape index (κ3) is 4.32. The number of benzene rings is 2. The molecule has 4 nitrogen and oxygen atoms in total. The molecule has 1 unspecified atom stereocenters. The summed E-state index contributed by atoms with van der Waals surface area (Å²) >= 11 is 5.97. The lowest BCUT2D eigenvalue weighted by atomic mass is 9.87. The van der Waals surface area contributed by atoms with Gasteiger partial charge in [0.05, 0.1) is 0 Å². The number of nitrogens with one attached hydrogen (secondary N) is 1. The minimum Gasteiger partial charge on any atom is -0.351 e. The predicted octanol–water partition coefficient (Wildman–Crippen LogP) is 4.77. The normalized spacial score (nSPS) is 23.7. The first-order valence-corrected chi connectivity index (χ1v) is 10.9. The van der Waals surface area contributed by atoms with Crippen molar-refractivity contribution in [2.45, 2.75) is 51.1 Å². The molecule has 0 saturated heterocycles. The van der Waals surface area contributed by atoms with Crippen LogP contribution < -0.4 is 5.32 Å². The largest absolute Gasteiger partial charge is 0.351 e. The van der Waals surface area contributed by atoms with Crippen molar-refractivity contribution in [2.24, 2.45) is 5.92 Å². The van der Waals surface area contributed by atoms with Crippen LogP contribution in [0.2, 0.25) is 5.02 Å². The third-order valence-corrected chi connectivity index (χ3v) is 6.48. The van der Waals surface area contributed by atoms with Gasteiger partial charge in [0.15, 0.2) is 0 Å². The molecular weight excluding hydrogens is 384 g/mol. The van der Waals surface area contributed by atoms with Crippen molar-refractivity contribution >= 4 is 23.4 Å². The van der Waals surface area contributed by atoms with E-state index in [1.807, 2.05) is 48.5 Å². The van der Waals surface area contributed by atoms with E-state index in [2.05, 4.69) is 12.2 Å². The summed E-state index contributed by atoms with van der Waals surface area (Å²) in [5.74, 6) is 0.610. The number of halogens is 1. The highest BCUT2D eigenvalue weighted by Crippen LogP contribution is 2.34. The van der Waals surface area contributed by atoms with Gasteiger partial charge in [-0.05, 0) is 67.3 Å². The van der Waals surface area contributed by atoms with Crippen LogP contribution in [-0.2, 0) is 11.2 Å². The maximum absolute atomic E-state index is 13.2. The first kappa shape index (κ1) is 20.0. The minimum absolute atomic E-state index is 0.0565. The van der Waals surface area contributed by atoms with Crippen LogP contribution in [0, 0.1) is 5.92 Å². The molecule has 0 spiro atoms. The number of amides is 2. The molecule has 1 atom stereocenters. The molecular formula is C24H27ClN2O2. The Morgan fingerprint density at radius 3 is 2.48 bits per heavy atom. The number of carbonyl (C=O) groups excluding carboxylic acids is 2. The van der Waals surface area contributed by atoms with Crippen molar-refractivity contribution in [3.63, 3.8) is 0 Å². The Morgan fingerprint density at radius 2 is 1.76 bits per heavy atom. The van der Waals surface area contributed by atoms with Crippen molar-refractivity contribution in [1.82, 2.24) is 10.2 Å². The fourth-order valence-electron chi connectivity index (χ4n) is 4.47. The van der Waals surface area contributed by atoms with Gasteiger partial charge in [0.1, 0.15) is 6.04 Å². The van der Waals surface area contributed by atoms with Crippen LogP contribution in [0.4, 0.5) is 0 Å². The SMILES string of the molecule is CC1CCC(NC(=O)C2c3ccccc3C(=O)N2CCc2ccc(Cl)cc2)CC1. The van der Waals surface area contributed by atoms with E-state index in [9.17, 15) is 9.59 Å². The summed E-state index contributed by atoms with van der Waals surface area (Å²) in [6.07, 6.45) is 5.00. The molecule has 0 bridgehead atoms. The van der Waals surface area contributed by atoms with E-state index in [0.717, 1.165) is 42.7 Å². The molecule has 152 valence electrons. The van der Waals surface area contributed by atoms with Crippen LogP contribution >= 0.6 is 11.6 Å². The number of hydrogen-bond donors (Lipinski definition) is 1. The van der Waals surface area contributed by atoms with Gasteiger partial charge in [0.2, 0.25) is 5.91 Å². The Bertz CT molecular complexity index is 888. The number of fused-ring (bicyclic) bond motifs is 1. The Balaban J connectivity index is 1.51. The standard InChI is InChI=1S/C24H27ClN2O2/c1-16-6-12-19(13-7-16)26-23(28)22-20-4-2-3-5-21(20)24(29)27(22)15-14-17-8-10-18(25)11-9-17/h2-5,8-11,16,19,22H,6-7,12-15H2,1H3,(H,26,28). The van der Waals surface area contributed by atoms with Crippen LogP contribution in [-0.4, -0.2) is 29.3 Å².